The van der Waals surface area contributed by atoms with E-state index in [-0.39, 0.29) is 6.54 Å². The summed E-state index contributed by atoms with van der Waals surface area (Å²) in [6, 6.07) is 5.48. The lowest BCUT2D eigenvalue weighted by Crippen LogP contribution is -2.17. The minimum absolute atomic E-state index is 0.0183. The van der Waals surface area contributed by atoms with E-state index in [4.69, 9.17) is 0 Å². The lowest BCUT2D eigenvalue weighted by atomic mass is 10.2. The van der Waals surface area contributed by atoms with Crippen LogP contribution in [0.4, 0.5) is 0 Å². The van der Waals surface area contributed by atoms with E-state index in [2.05, 4.69) is 10.1 Å². The molecule has 0 spiro atoms. The number of aromatic nitrogens is 3. The highest BCUT2D eigenvalue weighted by molar-refractivity contribution is 6.36. The molecule has 5 heteroatoms. The molecule has 86 valence electrons. The molecule has 0 aliphatic heterocycles. The van der Waals surface area contributed by atoms with Crippen LogP contribution >= 0.6 is 0 Å². The second-order valence-corrected chi connectivity index (χ2v) is 3.62. The number of carbonyl (C=O) groups excluding carboxylic acids is 2. The molecule has 2 heterocycles. The molecule has 2 aromatic rings. The van der Waals surface area contributed by atoms with E-state index in [9.17, 15) is 9.59 Å². The van der Waals surface area contributed by atoms with Crippen molar-refractivity contribution in [2.75, 3.05) is 0 Å². The van der Waals surface area contributed by atoms with Crippen molar-refractivity contribution < 1.29 is 9.59 Å². The zero-order chi connectivity index (χ0) is 12.3. The Balaban J connectivity index is 2.17. The van der Waals surface area contributed by atoms with Crippen LogP contribution in [0.1, 0.15) is 6.92 Å². The maximum atomic E-state index is 11.2. The number of pyridine rings is 1. The van der Waals surface area contributed by atoms with Crippen LogP contribution in [0.3, 0.4) is 0 Å². The van der Waals surface area contributed by atoms with Crippen molar-refractivity contribution in [3.63, 3.8) is 0 Å². The van der Waals surface area contributed by atoms with Crippen molar-refractivity contribution in [3.8, 4) is 11.3 Å². The highest BCUT2D eigenvalue weighted by atomic mass is 16.2. The van der Waals surface area contributed by atoms with Crippen LogP contribution in [0.15, 0.2) is 36.8 Å². The predicted octanol–water partition coefficient (Wildman–Crippen LogP) is 1.10. The van der Waals surface area contributed by atoms with Crippen LogP contribution in [0, 0.1) is 0 Å². The zero-order valence-corrected chi connectivity index (χ0v) is 9.33. The van der Waals surface area contributed by atoms with Crippen LogP contribution in [-0.4, -0.2) is 26.3 Å². The Kier molecular flexibility index (Phi) is 3.09. The summed E-state index contributed by atoms with van der Waals surface area (Å²) in [4.78, 5) is 26.0. The third kappa shape index (κ3) is 2.63. The van der Waals surface area contributed by atoms with Crippen LogP contribution in [0.25, 0.3) is 11.3 Å². The van der Waals surface area contributed by atoms with Gasteiger partial charge in [-0.15, -0.1) is 0 Å². The maximum absolute atomic E-state index is 11.2. The molecule has 0 aliphatic rings. The van der Waals surface area contributed by atoms with Crippen molar-refractivity contribution in [1.82, 2.24) is 14.8 Å². The van der Waals surface area contributed by atoms with Crippen molar-refractivity contribution in [2.45, 2.75) is 13.5 Å². The lowest BCUT2D eigenvalue weighted by molar-refractivity contribution is -0.135. The van der Waals surface area contributed by atoms with Crippen LogP contribution < -0.4 is 0 Å². The van der Waals surface area contributed by atoms with Gasteiger partial charge in [-0.3, -0.25) is 19.3 Å². The first kappa shape index (κ1) is 11.2. The van der Waals surface area contributed by atoms with Crippen LogP contribution in [0.2, 0.25) is 0 Å². The molecule has 2 rings (SSSR count). The summed E-state index contributed by atoms with van der Waals surface area (Å²) in [6.45, 7) is 1.24. The average molecular weight is 229 g/mol. The highest BCUT2D eigenvalue weighted by Crippen LogP contribution is 2.14. The summed E-state index contributed by atoms with van der Waals surface area (Å²) in [5, 5.41) is 4.21. The Bertz CT molecular complexity index is 546. The highest BCUT2D eigenvalue weighted by Gasteiger charge is 2.10. The standard InChI is InChI=1S/C12H11N3O2/c1-9(16)12(17)8-15-6-4-11(14-15)10-3-2-5-13-7-10/h2-7H,8H2,1H3. The molecule has 0 amide bonds. The first-order valence-corrected chi connectivity index (χ1v) is 5.14. The lowest BCUT2D eigenvalue weighted by Gasteiger charge is -1.97. The molecule has 0 N–H and O–H groups in total. The molecule has 0 aliphatic carbocycles. The Morgan fingerprint density at radius 3 is 2.82 bits per heavy atom. The molecule has 5 nitrogen and oxygen atoms in total. The molecule has 0 radical (unpaired) electrons. The summed E-state index contributed by atoms with van der Waals surface area (Å²) in [6.07, 6.45) is 5.04. The van der Waals surface area contributed by atoms with Crippen molar-refractivity contribution in [3.05, 3.63) is 36.8 Å². The Morgan fingerprint density at radius 1 is 1.35 bits per heavy atom. The van der Waals surface area contributed by atoms with Gasteiger partial charge in [-0.25, -0.2) is 0 Å². The number of carbonyl (C=O) groups is 2. The predicted molar refractivity (Wildman–Crippen MR) is 61.1 cm³/mol. The van der Waals surface area contributed by atoms with E-state index >= 15 is 0 Å². The topological polar surface area (TPSA) is 64.8 Å². The number of nitrogens with zero attached hydrogens (tertiary/aromatic N) is 3. The van der Waals surface area contributed by atoms with Gasteiger partial charge >= 0.3 is 0 Å². The number of ketones is 2. The maximum Gasteiger partial charge on any atom is 0.219 e. The van der Waals surface area contributed by atoms with E-state index in [0.29, 0.717) is 0 Å². The van der Waals surface area contributed by atoms with E-state index in [1.54, 1.807) is 24.7 Å². The fraction of sp³-hybridized carbons (Fsp3) is 0.167. The van der Waals surface area contributed by atoms with Crippen LogP contribution in [-0.2, 0) is 16.1 Å². The van der Waals surface area contributed by atoms with Gasteiger partial charge in [0.1, 0.15) is 6.54 Å². The third-order valence-corrected chi connectivity index (χ3v) is 2.30. The Morgan fingerprint density at radius 2 is 2.18 bits per heavy atom. The Labute approximate surface area is 98.1 Å². The van der Waals surface area contributed by atoms with Gasteiger partial charge in [0.05, 0.1) is 5.69 Å². The third-order valence-electron chi connectivity index (χ3n) is 2.30. The summed E-state index contributed by atoms with van der Waals surface area (Å²) >= 11 is 0. The van der Waals surface area contributed by atoms with E-state index < -0.39 is 11.6 Å². The zero-order valence-electron chi connectivity index (χ0n) is 9.33. The molecule has 17 heavy (non-hydrogen) atoms. The summed E-state index contributed by atoms with van der Waals surface area (Å²) < 4.78 is 1.45. The van der Waals surface area contributed by atoms with E-state index in [1.807, 2.05) is 12.1 Å². The van der Waals surface area contributed by atoms with E-state index in [1.165, 1.54) is 11.6 Å². The monoisotopic (exact) mass is 229 g/mol. The van der Waals surface area contributed by atoms with Gasteiger partial charge in [0.2, 0.25) is 5.78 Å². The summed E-state index contributed by atoms with van der Waals surface area (Å²) in [7, 11) is 0. The molecule has 0 atom stereocenters. The van der Waals surface area contributed by atoms with Gasteiger partial charge in [0.15, 0.2) is 5.78 Å². The second kappa shape index (κ2) is 4.69. The smallest absolute Gasteiger partial charge is 0.219 e. The number of Topliss-reactive ketones (excluding diaryl/α,β-unsaturated/α-hetero) is 2. The van der Waals surface area contributed by atoms with Crippen molar-refractivity contribution >= 4 is 11.6 Å². The van der Waals surface area contributed by atoms with Gasteiger partial charge in [0.25, 0.3) is 0 Å². The number of hydrogen-bond acceptors (Lipinski definition) is 4. The second-order valence-electron chi connectivity index (χ2n) is 3.62. The fourth-order valence-corrected chi connectivity index (χ4v) is 1.38. The molecule has 0 saturated heterocycles. The Hall–Kier alpha value is -2.30. The first-order chi connectivity index (χ1) is 8.16. The number of rotatable bonds is 4. The van der Waals surface area contributed by atoms with Gasteiger partial charge in [0, 0.05) is 31.1 Å². The molecule has 0 aromatic carbocycles. The van der Waals surface area contributed by atoms with E-state index in [0.717, 1.165) is 11.3 Å². The van der Waals surface area contributed by atoms with Crippen molar-refractivity contribution in [2.24, 2.45) is 0 Å². The molecular weight excluding hydrogens is 218 g/mol. The first-order valence-electron chi connectivity index (χ1n) is 5.14. The minimum atomic E-state index is -0.455. The average Bonchev–Trinajstić information content (AvgIpc) is 2.78. The molecule has 0 bridgehead atoms. The van der Waals surface area contributed by atoms with Gasteiger partial charge in [-0.05, 0) is 18.2 Å². The summed E-state index contributed by atoms with van der Waals surface area (Å²) in [5.41, 5.74) is 1.61. The van der Waals surface area contributed by atoms with Crippen LogP contribution in [0.5, 0.6) is 0 Å². The molecule has 0 saturated carbocycles. The van der Waals surface area contributed by atoms with Crippen molar-refractivity contribution in [1.29, 1.82) is 0 Å². The molecule has 2 aromatic heterocycles. The van der Waals surface area contributed by atoms with Gasteiger partial charge < -0.3 is 0 Å². The normalized spacial score (nSPS) is 10.2. The fourth-order valence-electron chi connectivity index (χ4n) is 1.38. The SMILES string of the molecule is CC(=O)C(=O)Cn1ccc(-c2cccnc2)n1. The largest absolute Gasteiger partial charge is 0.291 e. The molecule has 0 fully saturated rings. The molecular formula is C12H11N3O2. The minimum Gasteiger partial charge on any atom is -0.291 e. The summed E-state index contributed by atoms with van der Waals surface area (Å²) in [5.74, 6) is -0.908. The number of hydrogen-bond donors (Lipinski definition) is 0. The quantitative estimate of drug-likeness (QED) is 0.736. The van der Waals surface area contributed by atoms with Gasteiger partial charge in [-0.1, -0.05) is 0 Å². The van der Waals surface area contributed by atoms with Gasteiger partial charge in [-0.2, -0.15) is 5.10 Å². The molecule has 0 unspecified atom stereocenters.